The molecule has 1 aromatic carbocycles. The standard InChI is InChI=1S/C14H19N3O2.ClH/c18-14(16-7-9-19-10-8-16)11-17-6-5-15-12-3-1-2-4-13(12)17;/h1-4,15H,5-11H2;1H. The van der Waals surface area contributed by atoms with Gasteiger partial charge in [0.25, 0.3) is 0 Å². The van der Waals surface area contributed by atoms with Crippen LogP contribution in [0.3, 0.4) is 0 Å². The number of fused-ring (bicyclic) bond motifs is 1. The summed E-state index contributed by atoms with van der Waals surface area (Å²) in [6.07, 6.45) is 0. The molecule has 110 valence electrons. The first-order valence-corrected chi connectivity index (χ1v) is 6.78. The molecule has 0 atom stereocenters. The molecule has 2 aliphatic heterocycles. The Kier molecular flexibility index (Phi) is 5.09. The highest BCUT2D eigenvalue weighted by Gasteiger charge is 2.22. The van der Waals surface area contributed by atoms with Crippen LogP contribution in [0.15, 0.2) is 24.3 Å². The van der Waals surface area contributed by atoms with Crippen molar-refractivity contribution >= 4 is 29.7 Å². The van der Waals surface area contributed by atoms with Crippen molar-refractivity contribution in [1.29, 1.82) is 0 Å². The van der Waals surface area contributed by atoms with Crippen molar-refractivity contribution in [3.8, 4) is 0 Å². The third kappa shape index (κ3) is 3.16. The Balaban J connectivity index is 0.00000147. The molecular formula is C14H20ClN3O2. The number of halogens is 1. The molecule has 0 unspecified atom stereocenters. The third-order valence-corrected chi connectivity index (χ3v) is 3.63. The zero-order valence-corrected chi connectivity index (χ0v) is 12.2. The summed E-state index contributed by atoms with van der Waals surface area (Å²) in [7, 11) is 0. The quantitative estimate of drug-likeness (QED) is 0.891. The van der Waals surface area contributed by atoms with Gasteiger partial charge in [0, 0.05) is 26.2 Å². The Labute approximate surface area is 125 Å². The summed E-state index contributed by atoms with van der Waals surface area (Å²) in [6, 6.07) is 8.14. The van der Waals surface area contributed by atoms with E-state index in [0.29, 0.717) is 32.8 Å². The van der Waals surface area contributed by atoms with Crippen LogP contribution in [0.2, 0.25) is 0 Å². The van der Waals surface area contributed by atoms with E-state index in [4.69, 9.17) is 4.74 Å². The van der Waals surface area contributed by atoms with Gasteiger partial charge in [-0.15, -0.1) is 12.4 Å². The minimum atomic E-state index is 0. The zero-order chi connectivity index (χ0) is 13.1. The second-order valence-electron chi connectivity index (χ2n) is 4.86. The van der Waals surface area contributed by atoms with Crippen molar-refractivity contribution in [1.82, 2.24) is 4.90 Å². The lowest BCUT2D eigenvalue weighted by Gasteiger charge is -2.34. The Morgan fingerprint density at radius 1 is 1.20 bits per heavy atom. The van der Waals surface area contributed by atoms with E-state index in [2.05, 4.69) is 22.3 Å². The SMILES string of the molecule is Cl.O=C(CN1CCNc2ccccc21)N1CCOCC1. The number of para-hydroxylation sites is 2. The first-order chi connectivity index (χ1) is 9.34. The number of hydrogen-bond acceptors (Lipinski definition) is 4. The Morgan fingerprint density at radius 3 is 2.75 bits per heavy atom. The number of nitrogens with one attached hydrogen (secondary N) is 1. The molecule has 0 bridgehead atoms. The van der Waals surface area contributed by atoms with Crippen LogP contribution in [0.25, 0.3) is 0 Å². The van der Waals surface area contributed by atoms with Crippen LogP contribution in [0, 0.1) is 0 Å². The van der Waals surface area contributed by atoms with Crippen molar-refractivity contribution in [3.05, 3.63) is 24.3 Å². The van der Waals surface area contributed by atoms with Gasteiger partial charge in [-0.3, -0.25) is 4.79 Å². The Bertz CT molecular complexity index is 463. The topological polar surface area (TPSA) is 44.8 Å². The summed E-state index contributed by atoms with van der Waals surface area (Å²) in [6.45, 7) is 4.95. The minimum absolute atomic E-state index is 0. The van der Waals surface area contributed by atoms with Crippen molar-refractivity contribution in [3.63, 3.8) is 0 Å². The molecule has 2 aliphatic rings. The molecule has 1 saturated heterocycles. The number of nitrogens with zero attached hydrogens (tertiary/aromatic N) is 2. The first kappa shape index (κ1) is 14.9. The van der Waals surface area contributed by atoms with Crippen LogP contribution < -0.4 is 10.2 Å². The summed E-state index contributed by atoms with van der Waals surface area (Å²) < 4.78 is 5.28. The highest BCUT2D eigenvalue weighted by molar-refractivity contribution is 5.85. The van der Waals surface area contributed by atoms with Gasteiger partial charge in [0.1, 0.15) is 0 Å². The van der Waals surface area contributed by atoms with E-state index in [1.54, 1.807) is 0 Å². The molecule has 1 amide bonds. The summed E-state index contributed by atoms with van der Waals surface area (Å²) in [4.78, 5) is 16.3. The summed E-state index contributed by atoms with van der Waals surface area (Å²) in [5.74, 6) is 0.194. The van der Waals surface area contributed by atoms with Crippen molar-refractivity contribution in [2.45, 2.75) is 0 Å². The van der Waals surface area contributed by atoms with E-state index < -0.39 is 0 Å². The fraction of sp³-hybridized carbons (Fsp3) is 0.500. The molecule has 6 heteroatoms. The van der Waals surface area contributed by atoms with Gasteiger partial charge in [0.15, 0.2) is 0 Å². The highest BCUT2D eigenvalue weighted by atomic mass is 35.5. The van der Waals surface area contributed by atoms with Crippen molar-refractivity contribution in [2.24, 2.45) is 0 Å². The van der Waals surface area contributed by atoms with Gasteiger partial charge in [-0.05, 0) is 12.1 Å². The zero-order valence-electron chi connectivity index (χ0n) is 11.4. The molecule has 0 spiro atoms. The fourth-order valence-electron chi connectivity index (χ4n) is 2.59. The second-order valence-corrected chi connectivity index (χ2v) is 4.86. The van der Waals surface area contributed by atoms with Crippen LogP contribution in [0.1, 0.15) is 0 Å². The summed E-state index contributed by atoms with van der Waals surface area (Å²) in [5, 5.41) is 3.36. The molecule has 3 rings (SSSR count). The maximum Gasteiger partial charge on any atom is 0.242 e. The van der Waals surface area contributed by atoms with E-state index in [1.807, 2.05) is 17.0 Å². The van der Waals surface area contributed by atoms with Crippen LogP contribution in [-0.4, -0.2) is 56.7 Å². The number of anilines is 2. The summed E-state index contributed by atoms with van der Waals surface area (Å²) >= 11 is 0. The van der Waals surface area contributed by atoms with Gasteiger partial charge >= 0.3 is 0 Å². The van der Waals surface area contributed by atoms with Gasteiger partial charge in [-0.2, -0.15) is 0 Å². The summed E-state index contributed by atoms with van der Waals surface area (Å²) in [5.41, 5.74) is 2.24. The molecule has 0 aromatic heterocycles. The molecule has 5 nitrogen and oxygen atoms in total. The fourth-order valence-corrected chi connectivity index (χ4v) is 2.59. The van der Waals surface area contributed by atoms with Crippen molar-refractivity contribution < 1.29 is 9.53 Å². The predicted octanol–water partition coefficient (Wildman–Crippen LogP) is 1.20. The molecule has 0 saturated carbocycles. The van der Waals surface area contributed by atoms with Crippen molar-refractivity contribution in [2.75, 3.05) is 56.2 Å². The van der Waals surface area contributed by atoms with Gasteiger partial charge in [0.05, 0.1) is 31.1 Å². The molecule has 1 fully saturated rings. The number of carbonyl (C=O) groups excluding carboxylic acids is 1. The molecule has 0 radical (unpaired) electrons. The molecular weight excluding hydrogens is 278 g/mol. The predicted molar refractivity (Wildman–Crippen MR) is 81.8 cm³/mol. The maximum absolute atomic E-state index is 12.3. The lowest BCUT2D eigenvalue weighted by molar-refractivity contribution is -0.133. The monoisotopic (exact) mass is 297 g/mol. The van der Waals surface area contributed by atoms with Gasteiger partial charge in [-0.25, -0.2) is 0 Å². The van der Waals surface area contributed by atoms with Crippen LogP contribution in [0.4, 0.5) is 11.4 Å². The highest BCUT2D eigenvalue weighted by Crippen LogP contribution is 2.28. The number of carbonyl (C=O) groups is 1. The number of morpholine rings is 1. The average molecular weight is 298 g/mol. The van der Waals surface area contributed by atoms with E-state index in [0.717, 1.165) is 24.5 Å². The minimum Gasteiger partial charge on any atom is -0.382 e. The van der Waals surface area contributed by atoms with E-state index >= 15 is 0 Å². The molecule has 20 heavy (non-hydrogen) atoms. The van der Waals surface area contributed by atoms with Gasteiger partial charge < -0.3 is 19.9 Å². The van der Waals surface area contributed by atoms with E-state index in [1.165, 1.54) is 0 Å². The van der Waals surface area contributed by atoms with E-state index in [-0.39, 0.29) is 18.3 Å². The Hall–Kier alpha value is -1.46. The number of hydrogen-bond donors (Lipinski definition) is 1. The van der Waals surface area contributed by atoms with Gasteiger partial charge in [0.2, 0.25) is 5.91 Å². The maximum atomic E-state index is 12.3. The number of benzene rings is 1. The number of rotatable bonds is 2. The third-order valence-electron chi connectivity index (χ3n) is 3.63. The smallest absolute Gasteiger partial charge is 0.242 e. The molecule has 2 heterocycles. The van der Waals surface area contributed by atoms with Gasteiger partial charge in [-0.1, -0.05) is 12.1 Å². The lowest BCUT2D eigenvalue weighted by Crippen LogP contribution is -2.47. The lowest BCUT2D eigenvalue weighted by atomic mass is 10.2. The number of amides is 1. The molecule has 1 aromatic rings. The second kappa shape index (κ2) is 6.81. The Morgan fingerprint density at radius 2 is 1.95 bits per heavy atom. The van der Waals surface area contributed by atoms with E-state index in [9.17, 15) is 4.79 Å². The van der Waals surface area contributed by atoms with Crippen LogP contribution >= 0.6 is 12.4 Å². The largest absolute Gasteiger partial charge is 0.382 e. The normalized spacial score (nSPS) is 17.8. The average Bonchev–Trinajstić information content (AvgIpc) is 2.48. The van der Waals surface area contributed by atoms with Crippen LogP contribution in [-0.2, 0) is 9.53 Å². The molecule has 0 aliphatic carbocycles. The molecule has 1 N–H and O–H groups in total. The first-order valence-electron chi connectivity index (χ1n) is 6.78. The van der Waals surface area contributed by atoms with Crippen LogP contribution in [0.5, 0.6) is 0 Å². The number of ether oxygens (including phenoxy) is 1.